The van der Waals surface area contributed by atoms with Crippen LogP contribution in [0, 0.1) is 18.2 Å². The van der Waals surface area contributed by atoms with Crippen LogP contribution in [-0.2, 0) is 0 Å². The number of nitrogens with zero attached hydrogens (tertiary/aromatic N) is 1. The topological polar surface area (TPSA) is 51.2 Å². The molecule has 0 bridgehead atoms. The standard InChI is InChI=1S/C19H20AsFN2O2/c1-5-19(3,6-2)23-18(24)16-11-14(21)12-22-17(16)20-13-8-7-9-15(10-13)25-4/h1,7-12,20H,6H2,2-4H3,(H,23,24)/t19-/m0/s1. The minimum absolute atomic E-state index is 0.234. The van der Waals surface area contributed by atoms with Gasteiger partial charge in [0, 0.05) is 0 Å². The second-order valence-corrected chi connectivity index (χ2v) is 8.42. The first-order chi connectivity index (χ1) is 11.9. The molecule has 0 saturated carbocycles. The predicted molar refractivity (Wildman–Crippen MR) is 98.6 cm³/mol. The van der Waals surface area contributed by atoms with Crippen LogP contribution in [0.5, 0.6) is 5.75 Å². The van der Waals surface area contributed by atoms with E-state index in [1.807, 2.05) is 31.2 Å². The first kappa shape index (κ1) is 19.0. The predicted octanol–water partition coefficient (Wildman–Crippen LogP) is 1.15. The summed E-state index contributed by atoms with van der Waals surface area (Å²) in [5.41, 5.74) is -0.547. The van der Waals surface area contributed by atoms with Gasteiger partial charge in [0.05, 0.1) is 0 Å². The van der Waals surface area contributed by atoms with E-state index in [4.69, 9.17) is 11.2 Å². The summed E-state index contributed by atoms with van der Waals surface area (Å²) in [6, 6.07) is 8.81. The van der Waals surface area contributed by atoms with E-state index in [0.717, 1.165) is 16.3 Å². The van der Waals surface area contributed by atoms with Crippen molar-refractivity contribution in [1.82, 2.24) is 10.3 Å². The number of methoxy groups -OCH3 is 1. The summed E-state index contributed by atoms with van der Waals surface area (Å²) < 4.78 is 20.5. The van der Waals surface area contributed by atoms with E-state index in [2.05, 4.69) is 16.2 Å². The molecule has 0 aliphatic rings. The Morgan fingerprint density at radius 1 is 1.48 bits per heavy atom. The molecule has 130 valence electrons. The molecule has 2 atom stereocenters. The van der Waals surface area contributed by atoms with Crippen LogP contribution in [0.3, 0.4) is 0 Å². The fourth-order valence-corrected chi connectivity index (χ4v) is 4.44. The van der Waals surface area contributed by atoms with Crippen LogP contribution < -0.4 is 18.9 Å². The van der Waals surface area contributed by atoms with Crippen molar-refractivity contribution in [2.45, 2.75) is 25.8 Å². The van der Waals surface area contributed by atoms with Gasteiger partial charge in [-0.1, -0.05) is 0 Å². The molecule has 1 amide bonds. The molecule has 0 radical (unpaired) electrons. The Morgan fingerprint density at radius 2 is 2.24 bits per heavy atom. The number of halogens is 1. The number of terminal acetylenes is 1. The Kier molecular flexibility index (Phi) is 6.22. The van der Waals surface area contributed by atoms with Crippen molar-refractivity contribution >= 4 is 30.5 Å². The number of hydrogen-bond acceptors (Lipinski definition) is 3. The molecule has 25 heavy (non-hydrogen) atoms. The molecule has 2 rings (SSSR count). The molecule has 1 N–H and O–H groups in total. The molecule has 0 fully saturated rings. The van der Waals surface area contributed by atoms with E-state index >= 15 is 0 Å². The van der Waals surface area contributed by atoms with E-state index in [0.29, 0.717) is 10.9 Å². The Balaban J connectivity index is 2.34. The number of hydrogen-bond donors (Lipinski definition) is 1. The number of nitrogens with one attached hydrogen (secondary N) is 1. The molecule has 2 aromatic rings. The van der Waals surface area contributed by atoms with E-state index in [9.17, 15) is 9.18 Å². The van der Waals surface area contributed by atoms with Crippen molar-refractivity contribution in [3.05, 3.63) is 47.9 Å². The van der Waals surface area contributed by atoms with Crippen LogP contribution in [-0.4, -0.2) is 39.3 Å². The van der Waals surface area contributed by atoms with E-state index < -0.39 is 33.0 Å². The van der Waals surface area contributed by atoms with Crippen LogP contribution in [0.25, 0.3) is 0 Å². The zero-order chi connectivity index (χ0) is 18.4. The number of aromatic nitrogens is 1. The number of pyridine rings is 1. The van der Waals surface area contributed by atoms with Crippen molar-refractivity contribution in [3.63, 3.8) is 0 Å². The number of amides is 1. The molecular formula is C19H20AsFN2O2. The normalized spacial score (nSPS) is 13.2. The van der Waals surface area contributed by atoms with Crippen LogP contribution in [0.15, 0.2) is 36.5 Å². The second kappa shape index (κ2) is 8.18. The van der Waals surface area contributed by atoms with Crippen molar-refractivity contribution in [1.29, 1.82) is 0 Å². The van der Waals surface area contributed by atoms with Gasteiger partial charge in [0.1, 0.15) is 0 Å². The van der Waals surface area contributed by atoms with Crippen LogP contribution in [0.1, 0.15) is 30.6 Å². The Labute approximate surface area is 153 Å². The van der Waals surface area contributed by atoms with Gasteiger partial charge in [0.15, 0.2) is 0 Å². The van der Waals surface area contributed by atoms with Crippen molar-refractivity contribution in [2.75, 3.05) is 7.11 Å². The summed E-state index contributed by atoms with van der Waals surface area (Å²) >= 11 is -0.942. The second-order valence-electron chi connectivity index (χ2n) is 5.69. The van der Waals surface area contributed by atoms with Crippen LogP contribution in [0.2, 0.25) is 0 Å². The monoisotopic (exact) mass is 402 g/mol. The van der Waals surface area contributed by atoms with Crippen molar-refractivity contribution in [3.8, 4) is 18.1 Å². The van der Waals surface area contributed by atoms with Gasteiger partial charge < -0.3 is 0 Å². The first-order valence-electron chi connectivity index (χ1n) is 7.77. The molecule has 0 spiro atoms. The number of rotatable bonds is 6. The Bertz CT molecular complexity index is 819. The van der Waals surface area contributed by atoms with E-state index in [-0.39, 0.29) is 5.56 Å². The number of carbonyl (C=O) groups is 1. The van der Waals surface area contributed by atoms with Gasteiger partial charge in [-0.25, -0.2) is 0 Å². The number of benzene rings is 1. The molecule has 1 unspecified atom stereocenters. The van der Waals surface area contributed by atoms with Gasteiger partial charge in [0.25, 0.3) is 0 Å². The minimum atomic E-state index is -0.942. The van der Waals surface area contributed by atoms with Gasteiger partial charge in [-0.3, -0.25) is 0 Å². The van der Waals surface area contributed by atoms with Gasteiger partial charge in [-0.2, -0.15) is 0 Å². The molecule has 1 heterocycles. The van der Waals surface area contributed by atoms with Crippen molar-refractivity contribution < 1.29 is 13.9 Å². The Morgan fingerprint density at radius 3 is 2.88 bits per heavy atom. The zero-order valence-electron chi connectivity index (χ0n) is 14.4. The van der Waals surface area contributed by atoms with Gasteiger partial charge in [-0.05, 0) is 0 Å². The molecule has 1 aromatic carbocycles. The summed E-state index contributed by atoms with van der Waals surface area (Å²) in [5, 5.41) is 2.80. The Hall–Kier alpha value is -2.31. The average molecular weight is 402 g/mol. The molecule has 4 nitrogen and oxygen atoms in total. The maximum absolute atomic E-state index is 13.7. The van der Waals surface area contributed by atoms with Gasteiger partial charge >= 0.3 is 154 Å². The van der Waals surface area contributed by atoms with Crippen molar-refractivity contribution in [2.24, 2.45) is 0 Å². The third kappa shape index (κ3) is 4.84. The number of carbonyl (C=O) groups excluding carboxylic acids is 1. The molecule has 0 saturated heterocycles. The summed E-state index contributed by atoms with van der Waals surface area (Å²) in [6.07, 6.45) is 7.21. The fourth-order valence-electron chi connectivity index (χ4n) is 2.09. The SMILES string of the molecule is C#C[C@@](C)(CC)NC(=O)c1cc(F)cnc1[AsH]c1cccc(OC)c1. The average Bonchev–Trinajstić information content (AvgIpc) is 2.63. The van der Waals surface area contributed by atoms with Gasteiger partial charge in [0.2, 0.25) is 0 Å². The molecular weight excluding hydrogens is 382 g/mol. The van der Waals surface area contributed by atoms with E-state index in [1.54, 1.807) is 14.0 Å². The summed E-state index contributed by atoms with van der Waals surface area (Å²) in [4.78, 5) is 16.8. The summed E-state index contributed by atoms with van der Waals surface area (Å²) in [7, 11) is 1.60. The first-order valence-corrected chi connectivity index (χ1v) is 9.87. The third-order valence-electron chi connectivity index (χ3n) is 3.85. The number of ether oxygens (including phenoxy) is 1. The molecule has 0 aliphatic heterocycles. The maximum atomic E-state index is 13.7. The fraction of sp³-hybridized carbons (Fsp3) is 0.263. The van der Waals surface area contributed by atoms with E-state index in [1.165, 1.54) is 6.07 Å². The molecule has 1 aromatic heterocycles. The quantitative estimate of drug-likeness (QED) is 0.583. The van der Waals surface area contributed by atoms with Gasteiger partial charge in [-0.15, -0.1) is 0 Å². The molecule has 6 heteroatoms. The third-order valence-corrected chi connectivity index (χ3v) is 6.44. The zero-order valence-corrected chi connectivity index (χ0v) is 16.5. The summed E-state index contributed by atoms with van der Waals surface area (Å²) in [5.74, 6) is 2.35. The van der Waals surface area contributed by atoms with Crippen LogP contribution >= 0.6 is 0 Å². The van der Waals surface area contributed by atoms with Crippen LogP contribution in [0.4, 0.5) is 4.39 Å². The summed E-state index contributed by atoms with van der Waals surface area (Å²) in [6.45, 7) is 3.64. The molecule has 0 aliphatic carbocycles.